The van der Waals surface area contributed by atoms with Crippen molar-refractivity contribution in [2.24, 2.45) is 11.7 Å². The Labute approximate surface area is 128 Å². The van der Waals surface area contributed by atoms with E-state index in [1.165, 1.54) is 11.3 Å². The fraction of sp³-hybridized carbons (Fsp3) is 0.923. The molecule has 1 aliphatic heterocycles. The minimum atomic E-state index is 0.157. The molecule has 0 amide bonds. The summed E-state index contributed by atoms with van der Waals surface area (Å²) in [5, 5.41) is 0.289. The number of nitrogens with two attached hydrogens (primary N) is 1. The van der Waals surface area contributed by atoms with Gasteiger partial charge in [-0.1, -0.05) is 22.6 Å². The van der Waals surface area contributed by atoms with Gasteiger partial charge in [0.2, 0.25) is 0 Å². The van der Waals surface area contributed by atoms with Crippen LogP contribution in [0.4, 0.5) is 0 Å². The van der Waals surface area contributed by atoms with Gasteiger partial charge in [0.05, 0.1) is 10.5 Å². The summed E-state index contributed by atoms with van der Waals surface area (Å²) in [6, 6.07) is 0. The smallest absolute Gasteiger partial charge is 0.189 e. The lowest BCUT2D eigenvalue weighted by atomic mass is 9.85. The van der Waals surface area contributed by atoms with Crippen LogP contribution in [-0.2, 0) is 4.79 Å². The maximum Gasteiger partial charge on any atom is 0.189 e. The van der Waals surface area contributed by atoms with Crippen molar-refractivity contribution in [2.45, 2.75) is 54.0 Å². The van der Waals surface area contributed by atoms with E-state index in [1.54, 1.807) is 0 Å². The number of piperidine rings is 1. The van der Waals surface area contributed by atoms with E-state index in [-0.39, 0.29) is 17.5 Å². The summed E-state index contributed by atoms with van der Waals surface area (Å²) in [5.74, 6) is 0.656. The second kappa shape index (κ2) is 6.86. The topological polar surface area (TPSA) is 47.5 Å². The minimum Gasteiger partial charge on any atom is -0.313 e. The zero-order valence-corrected chi connectivity index (χ0v) is 13.6. The van der Waals surface area contributed by atoms with Crippen LogP contribution in [0, 0.1) is 5.92 Å². The summed E-state index contributed by atoms with van der Waals surface area (Å²) >= 11 is 8.56. The van der Waals surface area contributed by atoms with Crippen molar-refractivity contribution in [2.75, 3.05) is 13.1 Å². The van der Waals surface area contributed by atoms with Gasteiger partial charge in [0, 0.05) is 17.7 Å². The zero-order valence-electron chi connectivity index (χ0n) is 10.7. The molecule has 0 aromatic carbocycles. The summed E-state index contributed by atoms with van der Waals surface area (Å²) in [4.78, 5) is 13.6. The predicted octanol–water partition coefficient (Wildman–Crippen LogP) is 1.12. The number of alkyl halides is 2. The molecular formula is C13H23ClIN2O+. The van der Waals surface area contributed by atoms with Crippen LogP contribution in [0.3, 0.4) is 0 Å². The lowest BCUT2D eigenvalue weighted by Gasteiger charge is -2.33. The SMILES string of the molecule is NC1CCC(I)C[NH+]1CC(=O)C1CCC(Cl)CC1. The fourth-order valence-corrected chi connectivity index (χ4v) is 4.23. The van der Waals surface area contributed by atoms with Crippen molar-refractivity contribution in [3.05, 3.63) is 0 Å². The van der Waals surface area contributed by atoms with Crippen LogP contribution in [0.15, 0.2) is 0 Å². The van der Waals surface area contributed by atoms with E-state index in [0.717, 1.165) is 38.6 Å². The first-order chi connectivity index (χ1) is 8.56. The van der Waals surface area contributed by atoms with E-state index in [9.17, 15) is 4.79 Å². The quantitative estimate of drug-likeness (QED) is 0.565. The molecule has 1 saturated carbocycles. The zero-order chi connectivity index (χ0) is 13.1. The molecule has 3 atom stereocenters. The molecule has 2 rings (SSSR count). The average molecular weight is 386 g/mol. The molecule has 3 N–H and O–H groups in total. The van der Waals surface area contributed by atoms with Crippen LogP contribution in [0.25, 0.3) is 0 Å². The summed E-state index contributed by atoms with van der Waals surface area (Å²) in [6.45, 7) is 1.66. The van der Waals surface area contributed by atoms with Gasteiger partial charge < -0.3 is 4.90 Å². The molecule has 3 unspecified atom stereocenters. The first-order valence-electron chi connectivity index (χ1n) is 6.97. The van der Waals surface area contributed by atoms with Gasteiger partial charge >= 0.3 is 0 Å². The number of carbonyl (C=O) groups excluding carboxylic acids is 1. The second-order valence-electron chi connectivity index (χ2n) is 5.74. The van der Waals surface area contributed by atoms with Crippen LogP contribution >= 0.6 is 34.2 Å². The van der Waals surface area contributed by atoms with E-state index in [1.807, 2.05) is 0 Å². The first-order valence-corrected chi connectivity index (χ1v) is 8.65. The molecule has 1 aliphatic carbocycles. The van der Waals surface area contributed by atoms with Crippen LogP contribution in [0.1, 0.15) is 38.5 Å². The van der Waals surface area contributed by atoms with Gasteiger partial charge in [0.1, 0.15) is 12.7 Å². The highest BCUT2D eigenvalue weighted by molar-refractivity contribution is 14.1. The first kappa shape index (κ1) is 15.0. The van der Waals surface area contributed by atoms with Gasteiger partial charge in [-0.3, -0.25) is 10.5 Å². The van der Waals surface area contributed by atoms with Crippen LogP contribution in [-0.4, -0.2) is 34.3 Å². The van der Waals surface area contributed by atoms with E-state index < -0.39 is 0 Å². The Bertz CT molecular complexity index is 295. The van der Waals surface area contributed by atoms with Crippen LogP contribution in [0.5, 0.6) is 0 Å². The van der Waals surface area contributed by atoms with Crippen molar-refractivity contribution in [3.63, 3.8) is 0 Å². The van der Waals surface area contributed by atoms with Crippen molar-refractivity contribution < 1.29 is 9.69 Å². The van der Waals surface area contributed by atoms with Crippen molar-refractivity contribution in [3.8, 4) is 0 Å². The molecule has 5 heteroatoms. The lowest BCUT2D eigenvalue weighted by molar-refractivity contribution is -0.921. The Morgan fingerprint density at radius 3 is 2.56 bits per heavy atom. The van der Waals surface area contributed by atoms with Gasteiger partial charge in [-0.05, 0) is 32.1 Å². The summed E-state index contributed by atoms with van der Waals surface area (Å²) in [7, 11) is 0. The molecule has 0 bridgehead atoms. The number of quaternary nitrogens is 1. The van der Waals surface area contributed by atoms with E-state index in [0.29, 0.717) is 16.3 Å². The largest absolute Gasteiger partial charge is 0.313 e. The number of likely N-dealkylation sites (tertiary alicyclic amines) is 1. The monoisotopic (exact) mass is 385 g/mol. The van der Waals surface area contributed by atoms with E-state index in [2.05, 4.69) is 22.6 Å². The molecule has 0 spiro atoms. The number of rotatable bonds is 3. The molecule has 0 aromatic rings. The number of halogens is 2. The molecule has 1 saturated heterocycles. The average Bonchev–Trinajstić information content (AvgIpc) is 2.34. The Balaban J connectivity index is 1.82. The predicted molar refractivity (Wildman–Crippen MR) is 82.3 cm³/mol. The molecule has 2 aliphatic rings. The highest BCUT2D eigenvalue weighted by atomic mass is 127. The number of carbonyl (C=O) groups is 1. The van der Waals surface area contributed by atoms with Crippen LogP contribution in [0.2, 0.25) is 0 Å². The molecule has 0 aromatic heterocycles. The van der Waals surface area contributed by atoms with Crippen molar-refractivity contribution >= 4 is 40.0 Å². The Morgan fingerprint density at radius 1 is 1.22 bits per heavy atom. The van der Waals surface area contributed by atoms with Gasteiger partial charge in [0.15, 0.2) is 5.78 Å². The molecule has 3 nitrogen and oxygen atoms in total. The molecular weight excluding hydrogens is 363 g/mol. The summed E-state index contributed by atoms with van der Waals surface area (Å²) < 4.78 is 0.670. The third kappa shape index (κ3) is 4.05. The maximum absolute atomic E-state index is 12.3. The lowest BCUT2D eigenvalue weighted by Crippen LogP contribution is -3.20. The van der Waals surface area contributed by atoms with Gasteiger partial charge in [-0.25, -0.2) is 0 Å². The summed E-state index contributed by atoms with van der Waals surface area (Å²) in [5.41, 5.74) is 6.13. The van der Waals surface area contributed by atoms with Gasteiger partial charge in [-0.2, -0.15) is 0 Å². The molecule has 1 heterocycles. The number of Topliss-reactive ketones (excluding diaryl/α,β-unsaturated/α-hetero) is 1. The van der Waals surface area contributed by atoms with Crippen LogP contribution < -0.4 is 10.6 Å². The summed E-state index contributed by atoms with van der Waals surface area (Å²) in [6.07, 6.45) is 6.33. The maximum atomic E-state index is 12.3. The standard InChI is InChI=1S/C13H22ClIN2O/c14-10-3-1-9(2-4-10)12(18)8-17-7-11(15)5-6-13(17)16/h9-11,13H,1-8,16H2/p+1. The number of hydrogen-bond acceptors (Lipinski definition) is 2. The Kier molecular flexibility index (Phi) is 5.72. The number of hydrogen-bond donors (Lipinski definition) is 2. The van der Waals surface area contributed by atoms with Crippen molar-refractivity contribution in [1.29, 1.82) is 0 Å². The van der Waals surface area contributed by atoms with Crippen molar-refractivity contribution in [1.82, 2.24) is 0 Å². The molecule has 104 valence electrons. The van der Waals surface area contributed by atoms with E-state index >= 15 is 0 Å². The number of nitrogens with one attached hydrogen (secondary N) is 1. The molecule has 0 radical (unpaired) electrons. The molecule has 2 fully saturated rings. The Hall–Kier alpha value is 0.610. The fourth-order valence-electron chi connectivity index (χ4n) is 3.05. The normalized spacial score (nSPS) is 41.6. The van der Waals surface area contributed by atoms with Gasteiger partial charge in [-0.15, -0.1) is 11.6 Å². The Morgan fingerprint density at radius 2 is 1.89 bits per heavy atom. The number of ketones is 1. The highest BCUT2D eigenvalue weighted by Crippen LogP contribution is 2.27. The van der Waals surface area contributed by atoms with Gasteiger partial charge in [0.25, 0.3) is 0 Å². The minimum absolute atomic E-state index is 0.157. The third-order valence-electron chi connectivity index (χ3n) is 4.31. The molecule has 18 heavy (non-hydrogen) atoms. The third-order valence-corrected chi connectivity index (χ3v) is 5.81. The second-order valence-corrected chi connectivity index (χ2v) is 8.11. The van der Waals surface area contributed by atoms with E-state index in [4.69, 9.17) is 17.3 Å². The highest BCUT2D eigenvalue weighted by Gasteiger charge is 2.33.